The van der Waals surface area contributed by atoms with E-state index in [2.05, 4.69) is 15.6 Å². The van der Waals surface area contributed by atoms with Gasteiger partial charge in [0.2, 0.25) is 5.91 Å². The third kappa shape index (κ3) is 6.63. The molecule has 1 aliphatic rings. The number of nitrogens with one attached hydrogen (secondary N) is 2. The van der Waals surface area contributed by atoms with Crippen molar-refractivity contribution in [2.45, 2.75) is 70.5 Å². The van der Waals surface area contributed by atoms with Crippen LogP contribution in [0.5, 0.6) is 5.75 Å². The van der Waals surface area contributed by atoms with E-state index < -0.39 is 48.2 Å². The van der Waals surface area contributed by atoms with Crippen molar-refractivity contribution in [3.8, 4) is 5.75 Å². The number of hydrogen-bond donors (Lipinski definition) is 5. The first-order valence-corrected chi connectivity index (χ1v) is 12.4. The molecule has 1 fully saturated rings. The Labute approximate surface area is 220 Å². The molecule has 12 heteroatoms. The lowest BCUT2D eigenvalue weighted by atomic mass is 9.78. The van der Waals surface area contributed by atoms with E-state index in [0.29, 0.717) is 12.3 Å². The van der Waals surface area contributed by atoms with Crippen molar-refractivity contribution in [3.05, 3.63) is 51.6 Å². The van der Waals surface area contributed by atoms with Crippen LogP contribution in [0.4, 0.5) is 5.82 Å². The van der Waals surface area contributed by atoms with Crippen LogP contribution in [0.2, 0.25) is 0 Å². The molecule has 1 aromatic carbocycles. The highest BCUT2D eigenvalue weighted by atomic mass is 16.6. The molecule has 5 N–H and O–H groups in total. The van der Waals surface area contributed by atoms with Crippen LogP contribution in [-0.2, 0) is 19.7 Å². The fourth-order valence-corrected chi connectivity index (χ4v) is 4.74. The molecule has 0 saturated carbocycles. The number of esters is 1. The first-order valence-electron chi connectivity index (χ1n) is 12.4. The molecular formula is C26H36N4O8. The molecule has 0 spiro atoms. The third-order valence-electron chi connectivity index (χ3n) is 6.41. The van der Waals surface area contributed by atoms with Crippen molar-refractivity contribution < 1.29 is 34.4 Å². The van der Waals surface area contributed by atoms with E-state index in [9.17, 15) is 29.7 Å². The Morgan fingerprint density at radius 1 is 1.21 bits per heavy atom. The number of aliphatic hydroxyl groups excluding tert-OH is 3. The summed E-state index contributed by atoms with van der Waals surface area (Å²) < 4.78 is 12.0. The van der Waals surface area contributed by atoms with Crippen molar-refractivity contribution in [1.82, 2.24) is 14.9 Å². The molecule has 12 nitrogen and oxygen atoms in total. The largest absolute Gasteiger partial charge is 0.426 e. The van der Waals surface area contributed by atoms with Gasteiger partial charge in [-0.1, -0.05) is 19.9 Å². The number of carbonyl (C=O) groups is 2. The Bertz CT molecular complexity index is 1230. The van der Waals surface area contributed by atoms with E-state index in [1.807, 2.05) is 33.8 Å². The highest BCUT2D eigenvalue weighted by Gasteiger charge is 2.43. The number of amides is 1. The topological polar surface area (TPSA) is 172 Å². The van der Waals surface area contributed by atoms with Crippen molar-refractivity contribution in [2.75, 3.05) is 25.5 Å². The normalized spacial score (nSPS) is 21.4. The van der Waals surface area contributed by atoms with E-state index in [4.69, 9.17) is 9.47 Å². The average molecular weight is 533 g/mol. The third-order valence-corrected chi connectivity index (χ3v) is 6.41. The number of ether oxygens (including phenoxy) is 2. The number of anilines is 1. The molecule has 0 unspecified atom stereocenters. The summed E-state index contributed by atoms with van der Waals surface area (Å²) in [6.45, 7) is 7.47. The first kappa shape index (κ1) is 29.4. The molecule has 1 amide bonds. The lowest BCUT2D eigenvalue weighted by molar-refractivity contribution is -0.134. The SMILES string of the molecule is CNCCC(=O)Oc1cc(C)cc(C)c1C(C)(C)CC(=O)Nc1ccn([C@@H]2O[C@H](CO)[C@@H](O)[C@@H]2O)c(=O)n1. The highest BCUT2D eigenvalue weighted by Crippen LogP contribution is 2.38. The maximum atomic E-state index is 13.0. The molecule has 1 saturated heterocycles. The molecule has 3 rings (SSSR count). The Morgan fingerprint density at radius 3 is 2.53 bits per heavy atom. The summed E-state index contributed by atoms with van der Waals surface area (Å²) in [7, 11) is 1.75. The first-order chi connectivity index (χ1) is 17.9. The molecule has 38 heavy (non-hydrogen) atoms. The summed E-state index contributed by atoms with van der Waals surface area (Å²) in [6, 6.07) is 5.10. The fourth-order valence-electron chi connectivity index (χ4n) is 4.74. The van der Waals surface area contributed by atoms with Crippen LogP contribution >= 0.6 is 0 Å². The van der Waals surface area contributed by atoms with Crippen molar-refractivity contribution in [2.24, 2.45) is 0 Å². The second-order valence-corrected chi connectivity index (χ2v) is 10.1. The molecule has 1 aliphatic heterocycles. The van der Waals surface area contributed by atoms with E-state index >= 15 is 0 Å². The van der Waals surface area contributed by atoms with Gasteiger partial charge in [-0.2, -0.15) is 4.98 Å². The van der Waals surface area contributed by atoms with Crippen LogP contribution in [0.25, 0.3) is 0 Å². The molecule has 0 bridgehead atoms. The number of aryl methyl sites for hydroxylation is 2. The lowest BCUT2D eigenvalue weighted by Crippen LogP contribution is -2.36. The van der Waals surface area contributed by atoms with E-state index in [0.717, 1.165) is 21.3 Å². The molecule has 1 aromatic heterocycles. The van der Waals surface area contributed by atoms with E-state index in [-0.39, 0.29) is 24.6 Å². The quantitative estimate of drug-likeness (QED) is 0.212. The highest BCUT2D eigenvalue weighted by molar-refractivity contribution is 5.90. The molecule has 208 valence electrons. The van der Waals surface area contributed by atoms with Crippen molar-refractivity contribution >= 4 is 17.7 Å². The summed E-state index contributed by atoms with van der Waals surface area (Å²) in [4.78, 5) is 41.7. The van der Waals surface area contributed by atoms with E-state index in [1.54, 1.807) is 13.1 Å². The van der Waals surface area contributed by atoms with Crippen LogP contribution in [0, 0.1) is 13.8 Å². The van der Waals surface area contributed by atoms with Crippen LogP contribution < -0.4 is 21.1 Å². The second kappa shape index (κ2) is 12.1. The Morgan fingerprint density at radius 2 is 1.92 bits per heavy atom. The number of hydrogen-bond acceptors (Lipinski definition) is 10. The summed E-state index contributed by atoms with van der Waals surface area (Å²) in [5, 5.41) is 34.9. The standard InChI is InChI=1S/C26H36N4O8/c1-14-10-15(2)21(16(11-14)37-20(33)6-8-27-5)26(3,4)12-19(32)28-18-7-9-30(25(36)29-18)24-23(35)22(34)17(13-31)38-24/h7,9-11,17,22-24,27,31,34-35H,6,8,12-13H2,1-5H3,(H,28,29,32,36)/t17-,22-,23+,24-/m1/s1. The average Bonchev–Trinajstić information content (AvgIpc) is 3.10. The van der Waals surface area contributed by atoms with E-state index in [1.165, 1.54) is 12.3 Å². The number of benzene rings is 1. The number of carbonyl (C=O) groups excluding carboxylic acids is 2. The minimum atomic E-state index is -1.44. The molecule has 2 aromatic rings. The molecular weight excluding hydrogens is 496 g/mol. The van der Waals surface area contributed by atoms with Gasteiger partial charge >= 0.3 is 11.7 Å². The van der Waals surface area contributed by atoms with Gasteiger partial charge in [0.25, 0.3) is 0 Å². The maximum absolute atomic E-state index is 13.0. The molecule has 0 radical (unpaired) electrons. The summed E-state index contributed by atoms with van der Waals surface area (Å²) >= 11 is 0. The lowest BCUT2D eigenvalue weighted by Gasteiger charge is -2.29. The summed E-state index contributed by atoms with van der Waals surface area (Å²) in [5.74, 6) is -0.399. The Hall–Kier alpha value is -3.16. The van der Waals surface area contributed by atoms with Gasteiger partial charge in [0.15, 0.2) is 6.23 Å². The van der Waals surface area contributed by atoms with Crippen LogP contribution in [-0.4, -0.2) is 75.3 Å². The van der Waals surface area contributed by atoms with Crippen LogP contribution in [0.3, 0.4) is 0 Å². The maximum Gasteiger partial charge on any atom is 0.351 e. The molecule has 4 atom stereocenters. The van der Waals surface area contributed by atoms with Gasteiger partial charge in [-0.15, -0.1) is 0 Å². The Kier molecular flexibility index (Phi) is 9.39. The van der Waals surface area contributed by atoms with Gasteiger partial charge in [0.05, 0.1) is 13.0 Å². The molecule has 0 aliphatic carbocycles. The number of rotatable bonds is 10. The zero-order chi connectivity index (χ0) is 28.2. The predicted molar refractivity (Wildman–Crippen MR) is 138 cm³/mol. The summed E-state index contributed by atoms with van der Waals surface area (Å²) in [6.07, 6.45) is -3.60. The van der Waals surface area contributed by atoms with Gasteiger partial charge in [0, 0.05) is 30.1 Å². The monoisotopic (exact) mass is 532 g/mol. The minimum absolute atomic E-state index is 0.00172. The van der Waals surface area contributed by atoms with Gasteiger partial charge < -0.3 is 35.4 Å². The minimum Gasteiger partial charge on any atom is -0.426 e. The predicted octanol–water partition coefficient (Wildman–Crippen LogP) is 0.293. The van der Waals surface area contributed by atoms with Crippen molar-refractivity contribution in [3.63, 3.8) is 0 Å². The second-order valence-electron chi connectivity index (χ2n) is 10.1. The van der Waals surface area contributed by atoms with Crippen LogP contribution in [0.15, 0.2) is 29.2 Å². The van der Waals surface area contributed by atoms with Crippen molar-refractivity contribution in [1.29, 1.82) is 0 Å². The number of nitrogens with zero attached hydrogens (tertiary/aromatic N) is 2. The van der Waals surface area contributed by atoms with Crippen LogP contribution in [0.1, 0.15) is 49.6 Å². The molecule has 2 heterocycles. The fraction of sp³-hybridized carbons (Fsp3) is 0.538. The van der Waals surface area contributed by atoms with Gasteiger partial charge in [-0.3, -0.25) is 14.2 Å². The van der Waals surface area contributed by atoms with Gasteiger partial charge in [-0.05, 0) is 44.2 Å². The van der Waals surface area contributed by atoms with Gasteiger partial charge in [0.1, 0.15) is 29.9 Å². The number of aromatic nitrogens is 2. The smallest absolute Gasteiger partial charge is 0.351 e. The zero-order valence-corrected chi connectivity index (χ0v) is 22.2. The summed E-state index contributed by atoms with van der Waals surface area (Å²) in [5.41, 5.74) is 0.957. The van der Waals surface area contributed by atoms with Gasteiger partial charge in [-0.25, -0.2) is 4.79 Å². The number of aliphatic hydroxyl groups is 3. The zero-order valence-electron chi connectivity index (χ0n) is 22.2. The Balaban J connectivity index is 1.76.